The molecule has 5 nitrogen and oxygen atoms in total. The van der Waals surface area contributed by atoms with Crippen LogP contribution in [0.1, 0.15) is 10.4 Å². The highest BCUT2D eigenvalue weighted by atomic mass is 16.6. The molecule has 0 radical (unpaired) electrons. The number of ether oxygens (including phenoxy) is 2. The van der Waals surface area contributed by atoms with Crippen LogP contribution in [-0.4, -0.2) is 36.9 Å². The van der Waals surface area contributed by atoms with Gasteiger partial charge in [0.2, 0.25) is 0 Å². The van der Waals surface area contributed by atoms with Gasteiger partial charge >= 0.3 is 5.97 Å². The highest BCUT2D eigenvalue weighted by Crippen LogP contribution is 2.01. The lowest BCUT2D eigenvalue weighted by Crippen LogP contribution is -2.23. The normalized spacial score (nSPS) is 11.6. The number of carbonyl (C=O) groups excluding carboxylic acids is 2. The molecule has 1 rings (SSSR count). The second kappa shape index (κ2) is 6.58. The van der Waals surface area contributed by atoms with Crippen LogP contribution in [0.15, 0.2) is 30.3 Å². The Bertz CT molecular complexity index is 335. The van der Waals surface area contributed by atoms with Gasteiger partial charge in [-0.3, -0.25) is 4.79 Å². The monoisotopic (exact) mass is 224 g/mol. The maximum atomic E-state index is 11.4. The molecule has 0 amide bonds. The summed E-state index contributed by atoms with van der Waals surface area (Å²) in [6.07, 6.45) is -1.00. The number of esters is 1. The Labute approximate surface area is 92.6 Å². The second-order valence-corrected chi connectivity index (χ2v) is 3.05. The first-order chi connectivity index (χ1) is 7.74. The van der Waals surface area contributed by atoms with E-state index in [4.69, 9.17) is 4.74 Å². The molecule has 0 saturated heterocycles. The number of carbonyl (C=O) groups is 2. The molecule has 0 heterocycles. The fourth-order valence-corrected chi connectivity index (χ4v) is 1.03. The minimum absolute atomic E-state index is 0.189. The summed E-state index contributed by atoms with van der Waals surface area (Å²) in [5.41, 5.74) is 0.408. The fourth-order valence-electron chi connectivity index (χ4n) is 1.03. The molecule has 1 atom stereocenters. The van der Waals surface area contributed by atoms with Gasteiger partial charge in [0.1, 0.15) is 19.3 Å². The van der Waals surface area contributed by atoms with Crippen molar-refractivity contribution in [2.24, 2.45) is 0 Å². The molecule has 0 aromatic heterocycles. The highest BCUT2D eigenvalue weighted by Gasteiger charge is 2.10. The Kier molecular flexibility index (Phi) is 5.01. The third-order valence-corrected chi connectivity index (χ3v) is 1.77. The van der Waals surface area contributed by atoms with E-state index in [1.807, 2.05) is 0 Å². The van der Waals surface area contributed by atoms with Gasteiger partial charge < -0.3 is 14.6 Å². The van der Waals surface area contributed by atoms with Crippen LogP contribution in [0.4, 0.5) is 0 Å². The molecule has 0 aliphatic heterocycles. The number of hydrogen-bond acceptors (Lipinski definition) is 5. The molecule has 16 heavy (non-hydrogen) atoms. The summed E-state index contributed by atoms with van der Waals surface area (Å²) in [6.45, 7) is -0.171. The van der Waals surface area contributed by atoms with Crippen LogP contribution in [0.3, 0.4) is 0 Å². The molecule has 1 unspecified atom stereocenters. The van der Waals surface area contributed by atoms with Crippen molar-refractivity contribution in [2.75, 3.05) is 13.2 Å². The van der Waals surface area contributed by atoms with Crippen LogP contribution >= 0.6 is 0 Å². The average Bonchev–Trinajstić information content (AvgIpc) is 2.34. The smallest absolute Gasteiger partial charge is 0.338 e. The second-order valence-electron chi connectivity index (χ2n) is 3.05. The van der Waals surface area contributed by atoms with Crippen molar-refractivity contribution < 1.29 is 24.2 Å². The van der Waals surface area contributed by atoms with E-state index in [0.29, 0.717) is 5.56 Å². The minimum atomic E-state index is -1.00. The van der Waals surface area contributed by atoms with Crippen molar-refractivity contribution in [3.63, 3.8) is 0 Å². The van der Waals surface area contributed by atoms with Gasteiger partial charge in [-0.05, 0) is 12.1 Å². The van der Waals surface area contributed by atoms with E-state index >= 15 is 0 Å². The van der Waals surface area contributed by atoms with Crippen LogP contribution in [0, 0.1) is 0 Å². The molecule has 1 aromatic rings. The molecule has 5 heteroatoms. The molecule has 1 aromatic carbocycles. The highest BCUT2D eigenvalue weighted by molar-refractivity contribution is 5.89. The van der Waals surface area contributed by atoms with Gasteiger partial charge in [0.05, 0.1) is 5.56 Å². The van der Waals surface area contributed by atoms with E-state index < -0.39 is 12.1 Å². The van der Waals surface area contributed by atoms with Crippen molar-refractivity contribution in [1.29, 1.82) is 0 Å². The van der Waals surface area contributed by atoms with E-state index in [9.17, 15) is 14.7 Å². The Morgan fingerprint density at radius 3 is 2.62 bits per heavy atom. The lowest BCUT2D eigenvalue weighted by molar-refractivity contribution is -0.132. The molecule has 0 aliphatic carbocycles. The zero-order chi connectivity index (χ0) is 11.8. The Morgan fingerprint density at radius 2 is 2.00 bits per heavy atom. The van der Waals surface area contributed by atoms with Gasteiger partial charge in [-0.2, -0.15) is 0 Å². The predicted octanol–water partition coefficient (Wildman–Crippen LogP) is 0.377. The quantitative estimate of drug-likeness (QED) is 0.558. The van der Waals surface area contributed by atoms with Gasteiger partial charge in [0.25, 0.3) is 6.47 Å². The molecule has 0 spiro atoms. The summed E-state index contributed by atoms with van der Waals surface area (Å²) in [7, 11) is 0. The summed E-state index contributed by atoms with van der Waals surface area (Å²) in [5.74, 6) is -0.522. The van der Waals surface area contributed by atoms with E-state index in [1.165, 1.54) is 0 Å². The maximum absolute atomic E-state index is 11.4. The van der Waals surface area contributed by atoms with Gasteiger partial charge in [-0.15, -0.1) is 0 Å². The summed E-state index contributed by atoms with van der Waals surface area (Å²) in [6, 6.07) is 8.42. The lowest BCUT2D eigenvalue weighted by atomic mass is 10.2. The van der Waals surface area contributed by atoms with E-state index in [1.54, 1.807) is 30.3 Å². The van der Waals surface area contributed by atoms with Crippen molar-refractivity contribution in [3.8, 4) is 0 Å². The summed E-state index contributed by atoms with van der Waals surface area (Å²) < 4.78 is 9.11. The van der Waals surface area contributed by atoms with Crippen molar-refractivity contribution in [1.82, 2.24) is 0 Å². The Morgan fingerprint density at radius 1 is 1.31 bits per heavy atom. The molecule has 0 fully saturated rings. The standard InChI is InChI=1S/C11H12O5/c12-8-15-6-10(13)7-16-11(14)9-4-2-1-3-5-9/h1-5,8,10,13H,6-7H2. The first-order valence-corrected chi connectivity index (χ1v) is 4.69. The maximum Gasteiger partial charge on any atom is 0.338 e. The van der Waals surface area contributed by atoms with Gasteiger partial charge in [-0.1, -0.05) is 18.2 Å². The third-order valence-electron chi connectivity index (χ3n) is 1.77. The molecule has 1 N–H and O–H groups in total. The van der Waals surface area contributed by atoms with Crippen molar-refractivity contribution >= 4 is 12.4 Å². The average molecular weight is 224 g/mol. The minimum Gasteiger partial charge on any atom is -0.465 e. The first kappa shape index (κ1) is 12.2. The summed E-state index contributed by atoms with van der Waals surface area (Å²) in [5, 5.41) is 9.21. The number of aliphatic hydroxyl groups is 1. The number of aliphatic hydroxyl groups excluding tert-OH is 1. The Hall–Kier alpha value is -1.88. The van der Waals surface area contributed by atoms with Crippen LogP contribution in [0.5, 0.6) is 0 Å². The van der Waals surface area contributed by atoms with E-state index in [0.717, 1.165) is 0 Å². The van der Waals surface area contributed by atoms with Crippen LogP contribution < -0.4 is 0 Å². The molecule has 86 valence electrons. The molecule has 0 bridgehead atoms. The number of hydrogen-bond donors (Lipinski definition) is 1. The SMILES string of the molecule is O=COCC(O)COC(=O)c1ccccc1. The largest absolute Gasteiger partial charge is 0.465 e. The molecule has 0 saturated carbocycles. The number of rotatable bonds is 6. The van der Waals surface area contributed by atoms with Crippen LogP contribution in [-0.2, 0) is 14.3 Å². The fraction of sp³-hybridized carbons (Fsp3) is 0.273. The van der Waals surface area contributed by atoms with Crippen molar-refractivity contribution in [2.45, 2.75) is 6.10 Å². The van der Waals surface area contributed by atoms with Crippen molar-refractivity contribution in [3.05, 3.63) is 35.9 Å². The Balaban J connectivity index is 2.33. The van der Waals surface area contributed by atoms with Gasteiger partial charge in [0, 0.05) is 0 Å². The first-order valence-electron chi connectivity index (χ1n) is 4.69. The zero-order valence-electron chi connectivity index (χ0n) is 8.54. The topological polar surface area (TPSA) is 72.8 Å². The zero-order valence-corrected chi connectivity index (χ0v) is 8.54. The van der Waals surface area contributed by atoms with Gasteiger partial charge in [-0.25, -0.2) is 4.79 Å². The van der Waals surface area contributed by atoms with Gasteiger partial charge in [0.15, 0.2) is 0 Å². The molecule has 0 aliphatic rings. The predicted molar refractivity (Wildman–Crippen MR) is 54.7 cm³/mol. The van der Waals surface area contributed by atoms with E-state index in [-0.39, 0.29) is 19.7 Å². The summed E-state index contributed by atoms with van der Waals surface area (Å²) >= 11 is 0. The lowest BCUT2D eigenvalue weighted by Gasteiger charge is -2.09. The van der Waals surface area contributed by atoms with E-state index in [2.05, 4.69) is 4.74 Å². The molecular weight excluding hydrogens is 212 g/mol. The third kappa shape index (κ3) is 4.10. The number of benzene rings is 1. The van der Waals surface area contributed by atoms with Crippen LogP contribution in [0.2, 0.25) is 0 Å². The van der Waals surface area contributed by atoms with Crippen LogP contribution in [0.25, 0.3) is 0 Å². The molecular formula is C11H12O5. The summed E-state index contributed by atoms with van der Waals surface area (Å²) in [4.78, 5) is 21.2.